The Kier molecular flexibility index (Phi) is 3.67. The van der Waals surface area contributed by atoms with Gasteiger partial charge in [-0.1, -0.05) is 12.1 Å². The van der Waals surface area contributed by atoms with E-state index in [2.05, 4.69) is 17.2 Å². The Morgan fingerprint density at radius 2 is 1.94 bits per heavy atom. The van der Waals surface area contributed by atoms with Crippen molar-refractivity contribution < 1.29 is 4.74 Å². The van der Waals surface area contributed by atoms with Gasteiger partial charge < -0.3 is 15.8 Å². The highest BCUT2D eigenvalue weighted by Gasteiger charge is 2.06. The molecule has 2 aromatic rings. The van der Waals surface area contributed by atoms with Crippen molar-refractivity contribution in [2.45, 2.75) is 13.0 Å². The van der Waals surface area contributed by atoms with Gasteiger partial charge in [0, 0.05) is 24.0 Å². The van der Waals surface area contributed by atoms with Crippen molar-refractivity contribution in [3.05, 3.63) is 48.2 Å². The molecule has 0 bridgehead atoms. The van der Waals surface area contributed by atoms with Crippen molar-refractivity contribution in [2.75, 3.05) is 18.2 Å². The molecule has 0 spiro atoms. The van der Waals surface area contributed by atoms with E-state index in [-0.39, 0.29) is 6.04 Å². The number of hydrogen-bond acceptors (Lipinski definition) is 4. The number of nitrogen functional groups attached to an aromatic ring is 1. The molecule has 1 aromatic heterocycles. The summed E-state index contributed by atoms with van der Waals surface area (Å²) < 4.78 is 5.13. The fourth-order valence-electron chi connectivity index (χ4n) is 1.72. The van der Waals surface area contributed by atoms with E-state index in [0.717, 1.165) is 11.6 Å². The van der Waals surface area contributed by atoms with Crippen LogP contribution in [-0.2, 0) is 0 Å². The number of rotatable bonds is 4. The van der Waals surface area contributed by atoms with Crippen LogP contribution in [0.15, 0.2) is 42.6 Å². The molecule has 1 aromatic carbocycles. The average Bonchev–Trinajstić information content (AvgIpc) is 2.39. The van der Waals surface area contributed by atoms with Gasteiger partial charge in [0.2, 0.25) is 0 Å². The molecule has 0 saturated heterocycles. The van der Waals surface area contributed by atoms with Gasteiger partial charge in [0.25, 0.3) is 0 Å². The fourth-order valence-corrected chi connectivity index (χ4v) is 1.72. The zero-order valence-electron chi connectivity index (χ0n) is 10.6. The van der Waals surface area contributed by atoms with Crippen molar-refractivity contribution in [3.8, 4) is 5.75 Å². The molecule has 94 valence electrons. The van der Waals surface area contributed by atoms with E-state index < -0.39 is 0 Å². The predicted molar refractivity (Wildman–Crippen MR) is 73.7 cm³/mol. The van der Waals surface area contributed by atoms with Crippen LogP contribution >= 0.6 is 0 Å². The number of nitrogens with two attached hydrogens (primary N) is 1. The Bertz CT molecular complexity index is 511. The summed E-state index contributed by atoms with van der Waals surface area (Å²) in [5.41, 5.74) is 7.58. The molecule has 0 radical (unpaired) electrons. The Labute approximate surface area is 107 Å². The highest BCUT2D eigenvalue weighted by Crippen LogP contribution is 2.21. The second kappa shape index (κ2) is 5.40. The van der Waals surface area contributed by atoms with Crippen molar-refractivity contribution in [2.24, 2.45) is 0 Å². The number of aromatic nitrogens is 1. The van der Waals surface area contributed by atoms with E-state index in [9.17, 15) is 0 Å². The molecule has 4 nitrogen and oxygen atoms in total. The van der Waals surface area contributed by atoms with E-state index in [4.69, 9.17) is 10.5 Å². The van der Waals surface area contributed by atoms with Crippen molar-refractivity contribution in [1.29, 1.82) is 0 Å². The van der Waals surface area contributed by atoms with Gasteiger partial charge in [0.1, 0.15) is 11.6 Å². The van der Waals surface area contributed by atoms with Crippen molar-refractivity contribution in [3.63, 3.8) is 0 Å². The topological polar surface area (TPSA) is 60.2 Å². The largest absolute Gasteiger partial charge is 0.497 e. The minimum absolute atomic E-state index is 0.158. The van der Waals surface area contributed by atoms with Gasteiger partial charge in [-0.2, -0.15) is 0 Å². The van der Waals surface area contributed by atoms with Crippen molar-refractivity contribution >= 4 is 11.5 Å². The lowest BCUT2D eigenvalue weighted by Crippen LogP contribution is -2.08. The smallest absolute Gasteiger partial charge is 0.128 e. The van der Waals surface area contributed by atoms with Crippen LogP contribution in [0.1, 0.15) is 18.5 Å². The predicted octanol–water partition coefficient (Wildman–Crippen LogP) is 2.85. The van der Waals surface area contributed by atoms with Crippen LogP contribution in [0, 0.1) is 0 Å². The fraction of sp³-hybridized carbons (Fsp3) is 0.214. The molecule has 0 amide bonds. The van der Waals surface area contributed by atoms with Gasteiger partial charge in [0.15, 0.2) is 0 Å². The zero-order valence-corrected chi connectivity index (χ0v) is 10.6. The standard InChI is InChI=1S/C14H17N3O/c1-10(11-3-5-13(18-2)6-4-11)17-14-9-12(15)7-8-16-14/h3-10H,1-2H3,(H3,15,16,17). The first kappa shape index (κ1) is 12.2. The number of nitrogens with one attached hydrogen (secondary N) is 1. The summed E-state index contributed by atoms with van der Waals surface area (Å²) in [6.45, 7) is 2.08. The molecule has 4 heteroatoms. The zero-order chi connectivity index (χ0) is 13.0. The monoisotopic (exact) mass is 243 g/mol. The molecule has 1 atom stereocenters. The molecule has 0 aliphatic heterocycles. The van der Waals surface area contributed by atoms with Crippen LogP contribution in [0.4, 0.5) is 11.5 Å². The average molecular weight is 243 g/mol. The molecule has 3 N–H and O–H groups in total. The van der Waals surface area contributed by atoms with Gasteiger partial charge in [-0.3, -0.25) is 0 Å². The third-order valence-electron chi connectivity index (χ3n) is 2.76. The summed E-state index contributed by atoms with van der Waals surface area (Å²) in [5, 5.41) is 3.30. The number of ether oxygens (including phenoxy) is 1. The summed E-state index contributed by atoms with van der Waals surface area (Å²) in [5.74, 6) is 1.63. The van der Waals surface area contributed by atoms with Gasteiger partial charge >= 0.3 is 0 Å². The molecule has 0 fully saturated rings. The lowest BCUT2D eigenvalue weighted by molar-refractivity contribution is 0.414. The maximum absolute atomic E-state index is 5.71. The summed E-state index contributed by atoms with van der Waals surface area (Å²) in [6.07, 6.45) is 1.69. The molecule has 2 rings (SSSR count). The normalized spacial score (nSPS) is 11.9. The molecule has 0 saturated carbocycles. The summed E-state index contributed by atoms with van der Waals surface area (Å²) in [7, 11) is 1.66. The van der Waals surface area contributed by atoms with E-state index in [0.29, 0.717) is 5.69 Å². The first-order valence-corrected chi connectivity index (χ1v) is 5.81. The molecule has 1 unspecified atom stereocenters. The quantitative estimate of drug-likeness (QED) is 0.866. The Morgan fingerprint density at radius 3 is 2.56 bits per heavy atom. The number of nitrogens with zero attached hydrogens (tertiary/aromatic N) is 1. The van der Waals surface area contributed by atoms with Crippen LogP contribution in [0.3, 0.4) is 0 Å². The first-order valence-electron chi connectivity index (χ1n) is 5.81. The number of hydrogen-bond donors (Lipinski definition) is 2. The molecule has 1 heterocycles. The Hall–Kier alpha value is -2.23. The Morgan fingerprint density at radius 1 is 1.22 bits per heavy atom. The second-order valence-electron chi connectivity index (χ2n) is 4.11. The van der Waals surface area contributed by atoms with Crippen LogP contribution < -0.4 is 15.8 Å². The van der Waals surface area contributed by atoms with E-state index in [1.54, 1.807) is 19.4 Å². The number of methoxy groups -OCH3 is 1. The minimum Gasteiger partial charge on any atom is -0.497 e. The van der Waals surface area contributed by atoms with E-state index in [1.807, 2.05) is 30.3 Å². The first-order chi connectivity index (χ1) is 8.69. The lowest BCUT2D eigenvalue weighted by Gasteiger charge is -2.15. The maximum atomic E-state index is 5.71. The SMILES string of the molecule is COc1ccc(C(C)Nc2cc(N)ccn2)cc1. The third kappa shape index (κ3) is 2.91. The van der Waals surface area contributed by atoms with Crippen molar-refractivity contribution in [1.82, 2.24) is 4.98 Å². The highest BCUT2D eigenvalue weighted by atomic mass is 16.5. The van der Waals surface area contributed by atoms with Crippen LogP contribution in [0.25, 0.3) is 0 Å². The van der Waals surface area contributed by atoms with Crippen LogP contribution in [0.5, 0.6) is 5.75 Å². The van der Waals surface area contributed by atoms with Gasteiger partial charge in [-0.05, 0) is 30.7 Å². The highest BCUT2D eigenvalue weighted by molar-refractivity contribution is 5.49. The molecule has 0 aliphatic carbocycles. The number of pyridine rings is 1. The summed E-state index contributed by atoms with van der Waals surface area (Å²) in [6, 6.07) is 11.7. The van der Waals surface area contributed by atoms with Gasteiger partial charge in [-0.25, -0.2) is 4.98 Å². The Balaban J connectivity index is 2.09. The maximum Gasteiger partial charge on any atom is 0.128 e. The van der Waals surface area contributed by atoms with Crippen LogP contribution in [-0.4, -0.2) is 12.1 Å². The molecule has 0 aliphatic rings. The summed E-state index contributed by atoms with van der Waals surface area (Å²) in [4.78, 5) is 4.22. The molecular formula is C14H17N3O. The van der Waals surface area contributed by atoms with Gasteiger partial charge in [-0.15, -0.1) is 0 Å². The summed E-state index contributed by atoms with van der Waals surface area (Å²) >= 11 is 0. The van der Waals surface area contributed by atoms with Gasteiger partial charge in [0.05, 0.1) is 7.11 Å². The van der Waals surface area contributed by atoms with E-state index >= 15 is 0 Å². The number of anilines is 2. The minimum atomic E-state index is 0.158. The van der Waals surface area contributed by atoms with Crippen LogP contribution in [0.2, 0.25) is 0 Å². The molecule has 18 heavy (non-hydrogen) atoms. The second-order valence-corrected chi connectivity index (χ2v) is 4.11. The van der Waals surface area contributed by atoms with E-state index in [1.165, 1.54) is 5.56 Å². The molecular weight excluding hydrogens is 226 g/mol. The lowest BCUT2D eigenvalue weighted by atomic mass is 10.1. The third-order valence-corrected chi connectivity index (χ3v) is 2.76. The number of benzene rings is 1.